The largest absolute Gasteiger partial charge is 0.354 e. The number of halogens is 1. The van der Waals surface area contributed by atoms with Gasteiger partial charge in [-0.25, -0.2) is 0 Å². The van der Waals surface area contributed by atoms with Gasteiger partial charge in [0, 0.05) is 19.1 Å². The van der Waals surface area contributed by atoms with Crippen LogP contribution in [0.5, 0.6) is 0 Å². The smallest absolute Gasteiger partial charge is 0.231 e. The summed E-state index contributed by atoms with van der Waals surface area (Å²) in [6.07, 6.45) is 7.11. The van der Waals surface area contributed by atoms with Crippen LogP contribution in [-0.2, 0) is 0 Å². The molecule has 5 nitrogen and oxygen atoms in total. The van der Waals surface area contributed by atoms with E-state index in [0.29, 0.717) is 12.0 Å². The first-order valence-electron chi connectivity index (χ1n) is 7.66. The molecular weight excluding hydrogens is 274 g/mol. The van der Waals surface area contributed by atoms with Gasteiger partial charge < -0.3 is 10.2 Å². The summed E-state index contributed by atoms with van der Waals surface area (Å²) in [6, 6.07) is 0.509. The molecule has 0 aromatic carbocycles. The standard InChI is InChI=1S/C14H24ClN5/c1-3-9-16-13-17-12(15)18-14(19-13)20-10-7-5-6-8-11(20)4-2/h11H,3-10H2,1-2H3,(H,16,17,18,19). The summed E-state index contributed by atoms with van der Waals surface area (Å²) in [4.78, 5) is 15.3. The van der Waals surface area contributed by atoms with Gasteiger partial charge in [0.1, 0.15) is 0 Å². The second-order valence-electron chi connectivity index (χ2n) is 5.26. The van der Waals surface area contributed by atoms with E-state index in [-0.39, 0.29) is 5.28 Å². The molecule has 0 saturated carbocycles. The van der Waals surface area contributed by atoms with Gasteiger partial charge in [-0.05, 0) is 37.3 Å². The van der Waals surface area contributed by atoms with Crippen molar-refractivity contribution in [3.05, 3.63) is 5.28 Å². The zero-order valence-electron chi connectivity index (χ0n) is 12.4. The fourth-order valence-electron chi connectivity index (χ4n) is 2.65. The fraction of sp³-hybridized carbons (Fsp3) is 0.786. The second-order valence-corrected chi connectivity index (χ2v) is 5.60. The minimum Gasteiger partial charge on any atom is -0.354 e. The van der Waals surface area contributed by atoms with Gasteiger partial charge in [-0.15, -0.1) is 0 Å². The monoisotopic (exact) mass is 297 g/mol. The fourth-order valence-corrected chi connectivity index (χ4v) is 2.80. The molecule has 0 spiro atoms. The normalized spacial score (nSPS) is 19.8. The molecule has 1 aromatic heterocycles. The van der Waals surface area contributed by atoms with E-state index in [1.807, 2.05) is 0 Å². The lowest BCUT2D eigenvalue weighted by Gasteiger charge is -2.29. The van der Waals surface area contributed by atoms with Gasteiger partial charge in [-0.2, -0.15) is 15.0 Å². The predicted molar refractivity (Wildman–Crippen MR) is 83.5 cm³/mol. The number of anilines is 2. The number of nitrogens with zero attached hydrogens (tertiary/aromatic N) is 4. The van der Waals surface area contributed by atoms with Crippen molar-refractivity contribution >= 4 is 23.5 Å². The molecule has 2 rings (SSSR count). The number of hydrogen-bond acceptors (Lipinski definition) is 5. The molecule has 1 unspecified atom stereocenters. The van der Waals surface area contributed by atoms with Crippen LogP contribution < -0.4 is 10.2 Å². The summed E-state index contributed by atoms with van der Waals surface area (Å²) in [5.74, 6) is 1.30. The molecule has 1 aliphatic rings. The Morgan fingerprint density at radius 3 is 2.80 bits per heavy atom. The van der Waals surface area contributed by atoms with Crippen LogP contribution in [0.1, 0.15) is 52.4 Å². The van der Waals surface area contributed by atoms with Crippen molar-refractivity contribution in [3.8, 4) is 0 Å². The summed E-state index contributed by atoms with van der Waals surface area (Å²) in [5.41, 5.74) is 0. The summed E-state index contributed by atoms with van der Waals surface area (Å²) < 4.78 is 0. The van der Waals surface area contributed by atoms with Gasteiger partial charge in [-0.1, -0.05) is 26.7 Å². The highest BCUT2D eigenvalue weighted by molar-refractivity contribution is 6.28. The van der Waals surface area contributed by atoms with E-state index in [2.05, 4.69) is 39.0 Å². The third kappa shape index (κ3) is 3.95. The van der Waals surface area contributed by atoms with Gasteiger partial charge in [0.15, 0.2) is 0 Å². The Morgan fingerprint density at radius 1 is 1.20 bits per heavy atom. The van der Waals surface area contributed by atoms with Gasteiger partial charge in [-0.3, -0.25) is 0 Å². The summed E-state index contributed by atoms with van der Waals surface area (Å²) in [6.45, 7) is 6.18. The van der Waals surface area contributed by atoms with E-state index >= 15 is 0 Å². The molecule has 2 heterocycles. The number of nitrogens with one attached hydrogen (secondary N) is 1. The highest BCUT2D eigenvalue weighted by Crippen LogP contribution is 2.24. The first-order valence-corrected chi connectivity index (χ1v) is 8.04. The molecule has 112 valence electrons. The van der Waals surface area contributed by atoms with Crippen molar-refractivity contribution in [3.63, 3.8) is 0 Å². The lowest BCUT2D eigenvalue weighted by atomic mass is 10.1. The Bertz CT molecular complexity index is 426. The molecule has 1 fully saturated rings. The molecule has 1 atom stereocenters. The van der Waals surface area contributed by atoms with E-state index in [4.69, 9.17) is 11.6 Å². The zero-order valence-corrected chi connectivity index (χ0v) is 13.2. The van der Waals surface area contributed by atoms with Crippen molar-refractivity contribution in [2.45, 2.75) is 58.4 Å². The molecule has 1 aliphatic heterocycles. The Kier molecular flexibility index (Phi) is 5.83. The molecule has 0 radical (unpaired) electrons. The van der Waals surface area contributed by atoms with Crippen molar-refractivity contribution in [2.24, 2.45) is 0 Å². The Labute approximate surface area is 126 Å². The molecule has 0 bridgehead atoms. The van der Waals surface area contributed by atoms with Crippen LogP contribution in [-0.4, -0.2) is 34.1 Å². The van der Waals surface area contributed by atoms with Crippen LogP contribution in [0.25, 0.3) is 0 Å². The highest BCUT2D eigenvalue weighted by atomic mass is 35.5. The predicted octanol–water partition coefficient (Wildman–Crippen LogP) is 3.51. The van der Waals surface area contributed by atoms with E-state index < -0.39 is 0 Å². The van der Waals surface area contributed by atoms with Crippen LogP contribution >= 0.6 is 11.6 Å². The highest BCUT2D eigenvalue weighted by Gasteiger charge is 2.22. The topological polar surface area (TPSA) is 53.9 Å². The van der Waals surface area contributed by atoms with Gasteiger partial charge in [0.05, 0.1) is 0 Å². The maximum absolute atomic E-state index is 6.05. The minimum atomic E-state index is 0.271. The SMILES string of the molecule is CCCNc1nc(Cl)nc(N2CCCCCC2CC)n1. The van der Waals surface area contributed by atoms with Crippen molar-refractivity contribution in [2.75, 3.05) is 23.3 Å². The Morgan fingerprint density at radius 2 is 2.05 bits per heavy atom. The van der Waals surface area contributed by atoms with Crippen molar-refractivity contribution in [1.82, 2.24) is 15.0 Å². The number of rotatable bonds is 5. The van der Waals surface area contributed by atoms with Gasteiger partial charge >= 0.3 is 0 Å². The third-order valence-electron chi connectivity index (χ3n) is 3.73. The second kappa shape index (κ2) is 7.62. The Hall–Kier alpha value is -1.10. The average molecular weight is 298 g/mol. The maximum Gasteiger partial charge on any atom is 0.231 e. The van der Waals surface area contributed by atoms with Crippen LogP contribution in [0.15, 0.2) is 0 Å². The van der Waals surface area contributed by atoms with Crippen molar-refractivity contribution < 1.29 is 0 Å². The first-order chi connectivity index (χ1) is 9.74. The molecule has 6 heteroatoms. The van der Waals surface area contributed by atoms with E-state index in [9.17, 15) is 0 Å². The van der Waals surface area contributed by atoms with E-state index in [1.165, 1.54) is 25.7 Å². The summed E-state index contributed by atoms with van der Waals surface area (Å²) >= 11 is 6.05. The summed E-state index contributed by atoms with van der Waals surface area (Å²) in [7, 11) is 0. The van der Waals surface area contributed by atoms with Gasteiger partial charge in [0.2, 0.25) is 17.2 Å². The van der Waals surface area contributed by atoms with Crippen LogP contribution in [0, 0.1) is 0 Å². The lowest BCUT2D eigenvalue weighted by Crippen LogP contribution is -2.36. The van der Waals surface area contributed by atoms with E-state index in [0.717, 1.165) is 31.9 Å². The molecule has 1 N–H and O–H groups in total. The van der Waals surface area contributed by atoms with Crippen LogP contribution in [0.3, 0.4) is 0 Å². The molecule has 1 saturated heterocycles. The van der Waals surface area contributed by atoms with Crippen LogP contribution in [0.2, 0.25) is 5.28 Å². The zero-order chi connectivity index (χ0) is 14.4. The quantitative estimate of drug-likeness (QED) is 0.901. The first kappa shape index (κ1) is 15.3. The molecule has 0 amide bonds. The van der Waals surface area contributed by atoms with E-state index in [1.54, 1.807) is 0 Å². The average Bonchev–Trinajstić information content (AvgIpc) is 2.69. The number of hydrogen-bond donors (Lipinski definition) is 1. The molecule has 20 heavy (non-hydrogen) atoms. The number of aromatic nitrogens is 3. The lowest BCUT2D eigenvalue weighted by molar-refractivity contribution is 0.547. The molecule has 0 aliphatic carbocycles. The van der Waals surface area contributed by atoms with Crippen LogP contribution in [0.4, 0.5) is 11.9 Å². The van der Waals surface area contributed by atoms with Gasteiger partial charge in [0.25, 0.3) is 0 Å². The third-order valence-corrected chi connectivity index (χ3v) is 3.90. The minimum absolute atomic E-state index is 0.271. The summed E-state index contributed by atoms with van der Waals surface area (Å²) in [5, 5.41) is 3.46. The maximum atomic E-state index is 6.05. The molecule has 1 aromatic rings. The Balaban J connectivity index is 2.22. The van der Waals surface area contributed by atoms with Crippen molar-refractivity contribution in [1.29, 1.82) is 0 Å². The molecular formula is C14H24ClN5.